The lowest BCUT2D eigenvalue weighted by molar-refractivity contribution is -0.129. The van der Waals surface area contributed by atoms with Gasteiger partial charge in [0.25, 0.3) is 0 Å². The highest BCUT2D eigenvalue weighted by molar-refractivity contribution is 4.80. The average molecular weight is 239 g/mol. The van der Waals surface area contributed by atoms with Gasteiger partial charge in [0.15, 0.2) is 0 Å². The summed E-state index contributed by atoms with van der Waals surface area (Å²) < 4.78 is 4.98. The van der Waals surface area contributed by atoms with Gasteiger partial charge in [-0.1, -0.05) is 0 Å². The van der Waals surface area contributed by atoms with Crippen molar-refractivity contribution >= 4 is 0 Å². The molecule has 0 aromatic heterocycles. The summed E-state index contributed by atoms with van der Waals surface area (Å²) in [5.41, 5.74) is 5.22. The van der Waals surface area contributed by atoms with E-state index in [4.69, 9.17) is 20.7 Å². The molecule has 7 N–H and O–H groups in total. The topological polar surface area (TPSA) is 136 Å². The average Bonchev–Trinajstić information content (AvgIpc) is 2.31. The minimum Gasteiger partial charge on any atom is -0.394 e. The number of hydrogen-bond donors (Lipinski definition) is 6. The summed E-state index contributed by atoms with van der Waals surface area (Å²) >= 11 is 0. The molecule has 4 atom stereocenters. The molecule has 7 heteroatoms. The maximum atomic E-state index is 9.37. The van der Waals surface area contributed by atoms with E-state index in [1.807, 2.05) is 0 Å². The lowest BCUT2D eigenvalue weighted by Crippen LogP contribution is -2.47. The maximum absolute atomic E-state index is 9.37. The SMILES string of the molecule is NCCCOCC(O)C(O)C(O)C(O)CO. The van der Waals surface area contributed by atoms with Gasteiger partial charge >= 0.3 is 0 Å². The molecule has 0 aliphatic rings. The molecule has 4 unspecified atom stereocenters. The van der Waals surface area contributed by atoms with Gasteiger partial charge in [-0.3, -0.25) is 0 Å². The Morgan fingerprint density at radius 3 is 2.06 bits per heavy atom. The Kier molecular flexibility index (Phi) is 8.67. The van der Waals surface area contributed by atoms with Crippen LogP contribution in [0.3, 0.4) is 0 Å². The molecule has 0 aromatic carbocycles. The van der Waals surface area contributed by atoms with Gasteiger partial charge in [0.1, 0.15) is 24.4 Å². The molecule has 7 nitrogen and oxygen atoms in total. The summed E-state index contributed by atoms with van der Waals surface area (Å²) in [6.07, 6.45) is -5.37. The summed E-state index contributed by atoms with van der Waals surface area (Å²) in [5, 5.41) is 45.6. The van der Waals surface area contributed by atoms with Crippen molar-refractivity contribution in [3.63, 3.8) is 0 Å². The zero-order valence-electron chi connectivity index (χ0n) is 9.07. The summed E-state index contributed by atoms with van der Waals surface area (Å²) in [6, 6.07) is 0. The van der Waals surface area contributed by atoms with Crippen LogP contribution in [-0.4, -0.2) is 76.3 Å². The van der Waals surface area contributed by atoms with E-state index >= 15 is 0 Å². The standard InChI is InChI=1S/C9H21NO6/c10-2-1-3-16-5-7(13)9(15)8(14)6(12)4-11/h6-9,11-15H,1-5,10H2. The van der Waals surface area contributed by atoms with Gasteiger partial charge in [-0.15, -0.1) is 0 Å². The monoisotopic (exact) mass is 239 g/mol. The second kappa shape index (κ2) is 8.82. The van der Waals surface area contributed by atoms with E-state index in [9.17, 15) is 15.3 Å². The van der Waals surface area contributed by atoms with E-state index in [0.29, 0.717) is 19.6 Å². The molecule has 0 heterocycles. The first kappa shape index (κ1) is 15.7. The lowest BCUT2D eigenvalue weighted by atomic mass is 10.0. The number of ether oxygens (including phenoxy) is 1. The molecule has 0 saturated carbocycles. The fraction of sp³-hybridized carbons (Fsp3) is 1.00. The molecular weight excluding hydrogens is 218 g/mol. The molecule has 0 radical (unpaired) electrons. The zero-order chi connectivity index (χ0) is 12.6. The predicted octanol–water partition coefficient (Wildman–Crippen LogP) is -3.21. The second-order valence-corrected chi connectivity index (χ2v) is 3.52. The Bertz CT molecular complexity index is 170. The third-order valence-corrected chi connectivity index (χ3v) is 2.11. The minimum atomic E-state index is -1.61. The van der Waals surface area contributed by atoms with Crippen LogP contribution in [0.4, 0.5) is 0 Å². The Hall–Kier alpha value is -0.280. The third kappa shape index (κ3) is 5.71. The van der Waals surface area contributed by atoms with Crippen molar-refractivity contribution in [2.45, 2.75) is 30.8 Å². The smallest absolute Gasteiger partial charge is 0.111 e. The van der Waals surface area contributed by atoms with Crippen LogP contribution in [0.25, 0.3) is 0 Å². The second-order valence-electron chi connectivity index (χ2n) is 3.52. The Morgan fingerprint density at radius 1 is 1.00 bits per heavy atom. The first-order valence-electron chi connectivity index (χ1n) is 5.15. The largest absolute Gasteiger partial charge is 0.394 e. The van der Waals surface area contributed by atoms with Crippen molar-refractivity contribution in [2.75, 3.05) is 26.4 Å². The molecule has 0 rings (SSSR count). The van der Waals surface area contributed by atoms with Crippen molar-refractivity contribution in [1.82, 2.24) is 0 Å². The number of aliphatic hydroxyl groups excluding tert-OH is 5. The van der Waals surface area contributed by atoms with Crippen LogP contribution in [0.5, 0.6) is 0 Å². The van der Waals surface area contributed by atoms with Crippen LogP contribution < -0.4 is 5.73 Å². The van der Waals surface area contributed by atoms with E-state index in [-0.39, 0.29) is 6.61 Å². The summed E-state index contributed by atoms with van der Waals surface area (Å²) in [7, 11) is 0. The zero-order valence-corrected chi connectivity index (χ0v) is 9.07. The van der Waals surface area contributed by atoms with E-state index in [2.05, 4.69) is 0 Å². The summed E-state index contributed by atoms with van der Waals surface area (Å²) in [5.74, 6) is 0. The number of aliphatic hydroxyl groups is 5. The molecule has 0 aliphatic carbocycles. The van der Waals surface area contributed by atoms with Crippen LogP contribution in [0.15, 0.2) is 0 Å². The number of rotatable bonds is 9. The molecule has 0 saturated heterocycles. The Morgan fingerprint density at radius 2 is 1.56 bits per heavy atom. The van der Waals surface area contributed by atoms with E-state index in [1.165, 1.54) is 0 Å². The molecule has 0 aliphatic heterocycles. The van der Waals surface area contributed by atoms with Gasteiger partial charge < -0.3 is 36.0 Å². The lowest BCUT2D eigenvalue weighted by Gasteiger charge is -2.25. The highest BCUT2D eigenvalue weighted by atomic mass is 16.5. The molecule has 0 bridgehead atoms. The molecule has 0 fully saturated rings. The van der Waals surface area contributed by atoms with Crippen LogP contribution in [0.1, 0.15) is 6.42 Å². The minimum absolute atomic E-state index is 0.170. The van der Waals surface area contributed by atoms with Crippen LogP contribution in [0.2, 0.25) is 0 Å². The molecule has 0 amide bonds. The van der Waals surface area contributed by atoms with Crippen LogP contribution in [-0.2, 0) is 4.74 Å². The van der Waals surface area contributed by atoms with E-state index in [1.54, 1.807) is 0 Å². The molecule has 0 spiro atoms. The van der Waals surface area contributed by atoms with Gasteiger partial charge in [0.05, 0.1) is 13.2 Å². The van der Waals surface area contributed by atoms with E-state index in [0.717, 1.165) is 0 Å². The van der Waals surface area contributed by atoms with Gasteiger partial charge in [-0.2, -0.15) is 0 Å². The van der Waals surface area contributed by atoms with Crippen molar-refractivity contribution in [3.8, 4) is 0 Å². The van der Waals surface area contributed by atoms with Crippen molar-refractivity contribution in [3.05, 3.63) is 0 Å². The first-order chi connectivity index (χ1) is 7.54. The molecule has 0 aromatic rings. The predicted molar refractivity (Wildman–Crippen MR) is 55.6 cm³/mol. The molecule has 16 heavy (non-hydrogen) atoms. The quantitative estimate of drug-likeness (QED) is 0.233. The Balaban J connectivity index is 3.83. The highest BCUT2D eigenvalue weighted by Gasteiger charge is 2.29. The van der Waals surface area contributed by atoms with Crippen molar-refractivity contribution in [2.24, 2.45) is 5.73 Å². The highest BCUT2D eigenvalue weighted by Crippen LogP contribution is 2.05. The van der Waals surface area contributed by atoms with E-state index < -0.39 is 31.0 Å². The third-order valence-electron chi connectivity index (χ3n) is 2.11. The van der Waals surface area contributed by atoms with Gasteiger partial charge in [-0.25, -0.2) is 0 Å². The first-order valence-corrected chi connectivity index (χ1v) is 5.15. The van der Waals surface area contributed by atoms with Gasteiger partial charge in [0.2, 0.25) is 0 Å². The number of hydrogen-bond acceptors (Lipinski definition) is 7. The fourth-order valence-electron chi connectivity index (χ4n) is 1.05. The molecular formula is C9H21NO6. The van der Waals surface area contributed by atoms with Crippen molar-refractivity contribution < 1.29 is 30.3 Å². The van der Waals surface area contributed by atoms with Crippen molar-refractivity contribution in [1.29, 1.82) is 0 Å². The van der Waals surface area contributed by atoms with Gasteiger partial charge in [-0.05, 0) is 13.0 Å². The maximum Gasteiger partial charge on any atom is 0.111 e. The Labute approximate surface area is 94.1 Å². The summed E-state index contributed by atoms with van der Waals surface area (Å²) in [4.78, 5) is 0. The fourth-order valence-corrected chi connectivity index (χ4v) is 1.05. The number of nitrogens with two attached hydrogens (primary N) is 1. The normalized spacial score (nSPS) is 19.1. The van der Waals surface area contributed by atoms with Gasteiger partial charge in [0, 0.05) is 6.61 Å². The van der Waals surface area contributed by atoms with Crippen LogP contribution in [0, 0.1) is 0 Å². The molecule has 98 valence electrons. The summed E-state index contributed by atoms with van der Waals surface area (Å²) in [6.45, 7) is -0.0568. The van der Waals surface area contributed by atoms with Crippen LogP contribution >= 0.6 is 0 Å².